The van der Waals surface area contributed by atoms with Gasteiger partial charge in [0, 0.05) is 6.54 Å². The number of amides is 1. The summed E-state index contributed by atoms with van der Waals surface area (Å²) in [5, 5.41) is 0. The number of carbonyl (C=O) groups is 2. The summed E-state index contributed by atoms with van der Waals surface area (Å²) < 4.78 is 9.89. The Balaban J connectivity index is 2.32. The van der Waals surface area contributed by atoms with Crippen LogP contribution >= 0.6 is 0 Å². The van der Waals surface area contributed by atoms with Gasteiger partial charge in [-0.3, -0.25) is 14.5 Å². The van der Waals surface area contributed by atoms with Crippen LogP contribution in [-0.4, -0.2) is 32.1 Å². The average Bonchev–Trinajstić information content (AvgIpc) is 2.41. The lowest BCUT2D eigenvalue weighted by Crippen LogP contribution is -2.42. The predicted molar refractivity (Wildman–Crippen MR) is 64.2 cm³/mol. The number of esters is 1. The maximum absolute atomic E-state index is 11.7. The largest absolute Gasteiger partial charge is 0.482 e. The van der Waals surface area contributed by atoms with Crippen molar-refractivity contribution in [1.82, 2.24) is 0 Å². The molecule has 1 amide bonds. The SMILES string of the molecule is COC(=O)CN1C(=O)COc2cc(CN)ccc21. The molecule has 1 aromatic rings. The van der Waals surface area contributed by atoms with Crippen LogP contribution in [0.15, 0.2) is 18.2 Å². The number of fused-ring (bicyclic) bond motifs is 1. The van der Waals surface area contributed by atoms with Gasteiger partial charge in [0.1, 0.15) is 12.3 Å². The van der Waals surface area contributed by atoms with Crippen molar-refractivity contribution in [1.29, 1.82) is 0 Å². The van der Waals surface area contributed by atoms with E-state index in [2.05, 4.69) is 4.74 Å². The van der Waals surface area contributed by atoms with Gasteiger partial charge < -0.3 is 15.2 Å². The molecule has 0 spiro atoms. The zero-order valence-corrected chi connectivity index (χ0v) is 10.0. The summed E-state index contributed by atoms with van der Waals surface area (Å²) in [4.78, 5) is 24.4. The molecule has 96 valence electrons. The fourth-order valence-electron chi connectivity index (χ4n) is 1.74. The van der Waals surface area contributed by atoms with Gasteiger partial charge in [-0.25, -0.2) is 0 Å². The van der Waals surface area contributed by atoms with Crippen LogP contribution in [-0.2, 0) is 20.9 Å². The highest BCUT2D eigenvalue weighted by Gasteiger charge is 2.27. The molecule has 0 radical (unpaired) electrons. The van der Waals surface area contributed by atoms with Gasteiger partial charge in [0.2, 0.25) is 0 Å². The van der Waals surface area contributed by atoms with E-state index in [1.165, 1.54) is 12.0 Å². The smallest absolute Gasteiger partial charge is 0.325 e. The van der Waals surface area contributed by atoms with Crippen molar-refractivity contribution in [3.05, 3.63) is 23.8 Å². The maximum Gasteiger partial charge on any atom is 0.325 e. The Morgan fingerprint density at radius 2 is 2.33 bits per heavy atom. The summed E-state index contributed by atoms with van der Waals surface area (Å²) in [6, 6.07) is 5.29. The molecule has 0 atom stereocenters. The minimum atomic E-state index is -0.473. The molecule has 0 bridgehead atoms. The van der Waals surface area contributed by atoms with E-state index >= 15 is 0 Å². The second kappa shape index (κ2) is 5.05. The summed E-state index contributed by atoms with van der Waals surface area (Å²) in [5.74, 6) is -0.186. The molecule has 2 N–H and O–H groups in total. The molecule has 0 aromatic heterocycles. The van der Waals surface area contributed by atoms with Crippen molar-refractivity contribution in [2.45, 2.75) is 6.54 Å². The summed E-state index contributed by atoms with van der Waals surface area (Å²) in [5.41, 5.74) is 7.00. The normalized spacial score (nSPS) is 13.9. The quantitative estimate of drug-likeness (QED) is 0.766. The number of nitrogens with two attached hydrogens (primary N) is 1. The Morgan fingerprint density at radius 3 is 3.00 bits per heavy atom. The summed E-state index contributed by atoms with van der Waals surface area (Å²) in [6.45, 7) is 0.188. The van der Waals surface area contributed by atoms with Crippen LogP contribution in [0.4, 0.5) is 5.69 Å². The molecule has 0 fully saturated rings. The molecule has 1 aliphatic rings. The van der Waals surface area contributed by atoms with Crippen LogP contribution < -0.4 is 15.4 Å². The third-order valence-electron chi connectivity index (χ3n) is 2.72. The lowest BCUT2D eigenvalue weighted by atomic mass is 10.1. The summed E-state index contributed by atoms with van der Waals surface area (Å²) in [7, 11) is 1.28. The Morgan fingerprint density at radius 1 is 1.56 bits per heavy atom. The molecule has 1 aromatic carbocycles. The summed E-state index contributed by atoms with van der Waals surface area (Å²) >= 11 is 0. The van der Waals surface area contributed by atoms with Crippen LogP contribution in [0.3, 0.4) is 0 Å². The van der Waals surface area contributed by atoms with Gasteiger partial charge >= 0.3 is 5.97 Å². The van der Waals surface area contributed by atoms with Crippen molar-refractivity contribution in [3.8, 4) is 5.75 Å². The molecule has 6 nitrogen and oxygen atoms in total. The van der Waals surface area contributed by atoms with Gasteiger partial charge in [0.05, 0.1) is 12.8 Å². The van der Waals surface area contributed by atoms with Crippen molar-refractivity contribution < 1.29 is 19.1 Å². The third kappa shape index (κ3) is 2.28. The fraction of sp³-hybridized carbons (Fsp3) is 0.333. The molecular weight excluding hydrogens is 236 g/mol. The maximum atomic E-state index is 11.7. The Bertz CT molecular complexity index is 487. The van der Waals surface area contributed by atoms with Crippen LogP contribution in [0.5, 0.6) is 5.75 Å². The minimum absolute atomic E-state index is 0.0853. The Hall–Kier alpha value is -2.08. The van der Waals surface area contributed by atoms with Crippen molar-refractivity contribution in [3.63, 3.8) is 0 Å². The number of hydrogen-bond acceptors (Lipinski definition) is 5. The van der Waals surface area contributed by atoms with E-state index in [1.54, 1.807) is 18.2 Å². The van der Waals surface area contributed by atoms with Crippen LogP contribution in [0.2, 0.25) is 0 Å². The van der Waals surface area contributed by atoms with E-state index in [4.69, 9.17) is 10.5 Å². The van der Waals surface area contributed by atoms with E-state index in [-0.39, 0.29) is 19.1 Å². The van der Waals surface area contributed by atoms with E-state index in [1.807, 2.05) is 0 Å². The van der Waals surface area contributed by atoms with E-state index < -0.39 is 5.97 Å². The number of ether oxygens (including phenoxy) is 2. The number of anilines is 1. The molecule has 0 aliphatic carbocycles. The predicted octanol–water partition coefficient (Wildman–Crippen LogP) is 0.0437. The first kappa shape index (κ1) is 12.4. The molecule has 0 saturated carbocycles. The number of carbonyl (C=O) groups excluding carboxylic acids is 2. The molecule has 1 aliphatic heterocycles. The van der Waals surface area contributed by atoms with Crippen LogP contribution in [0.1, 0.15) is 5.56 Å². The van der Waals surface area contributed by atoms with Gasteiger partial charge in [-0.15, -0.1) is 0 Å². The minimum Gasteiger partial charge on any atom is -0.482 e. The summed E-state index contributed by atoms with van der Waals surface area (Å²) in [6.07, 6.45) is 0. The second-order valence-electron chi connectivity index (χ2n) is 3.85. The standard InChI is InChI=1S/C12H14N2O4/c1-17-12(16)6-14-9-3-2-8(5-13)4-10(9)18-7-11(14)15/h2-4H,5-7,13H2,1H3. The van der Waals surface area contributed by atoms with Crippen molar-refractivity contribution in [2.75, 3.05) is 25.2 Å². The molecule has 18 heavy (non-hydrogen) atoms. The van der Waals surface area contributed by atoms with Gasteiger partial charge in [0.15, 0.2) is 6.61 Å². The van der Waals surface area contributed by atoms with E-state index in [9.17, 15) is 9.59 Å². The van der Waals surface area contributed by atoms with Crippen molar-refractivity contribution >= 4 is 17.6 Å². The first-order valence-corrected chi connectivity index (χ1v) is 5.48. The molecule has 6 heteroatoms. The number of benzene rings is 1. The zero-order valence-electron chi connectivity index (χ0n) is 10.0. The van der Waals surface area contributed by atoms with Crippen LogP contribution in [0.25, 0.3) is 0 Å². The lowest BCUT2D eigenvalue weighted by molar-refractivity contribution is -0.140. The van der Waals surface area contributed by atoms with Gasteiger partial charge in [0.25, 0.3) is 5.91 Å². The fourth-order valence-corrected chi connectivity index (χ4v) is 1.74. The topological polar surface area (TPSA) is 81.9 Å². The van der Waals surface area contributed by atoms with E-state index in [0.29, 0.717) is 18.0 Å². The highest BCUT2D eigenvalue weighted by Crippen LogP contribution is 2.32. The highest BCUT2D eigenvalue weighted by molar-refractivity contribution is 6.01. The van der Waals surface area contributed by atoms with Crippen molar-refractivity contribution in [2.24, 2.45) is 5.73 Å². The zero-order chi connectivity index (χ0) is 13.1. The average molecular weight is 250 g/mol. The third-order valence-corrected chi connectivity index (χ3v) is 2.72. The molecule has 1 heterocycles. The van der Waals surface area contributed by atoms with Gasteiger partial charge in [-0.1, -0.05) is 6.07 Å². The number of nitrogens with zero attached hydrogens (tertiary/aromatic N) is 1. The number of methoxy groups -OCH3 is 1. The highest BCUT2D eigenvalue weighted by atomic mass is 16.5. The second-order valence-corrected chi connectivity index (χ2v) is 3.85. The number of rotatable bonds is 3. The molecule has 0 unspecified atom stereocenters. The molecule has 0 saturated heterocycles. The monoisotopic (exact) mass is 250 g/mol. The van der Waals surface area contributed by atoms with E-state index in [0.717, 1.165) is 5.56 Å². The Kier molecular flexibility index (Phi) is 3.47. The first-order valence-electron chi connectivity index (χ1n) is 5.48. The molecular formula is C12H14N2O4. The lowest BCUT2D eigenvalue weighted by Gasteiger charge is -2.28. The number of hydrogen-bond donors (Lipinski definition) is 1. The van der Waals surface area contributed by atoms with Crippen LogP contribution in [0, 0.1) is 0 Å². The van der Waals surface area contributed by atoms with Gasteiger partial charge in [-0.05, 0) is 17.7 Å². The Labute approximate surface area is 104 Å². The molecule has 2 rings (SSSR count). The van der Waals surface area contributed by atoms with Gasteiger partial charge in [-0.2, -0.15) is 0 Å². The first-order chi connectivity index (χ1) is 8.65.